The molecular formula is C55H88N10O8. The predicted octanol–water partition coefficient (Wildman–Crippen LogP) is 3.62. The Kier molecular flexibility index (Phi) is 22.0. The molecule has 0 aromatic heterocycles. The second-order valence-electron chi connectivity index (χ2n) is 22.4. The van der Waals surface area contributed by atoms with Crippen molar-refractivity contribution in [2.75, 3.05) is 53.4 Å². The predicted molar refractivity (Wildman–Crippen MR) is 283 cm³/mol. The van der Waals surface area contributed by atoms with Crippen molar-refractivity contribution in [1.29, 1.82) is 0 Å². The second kappa shape index (κ2) is 26.7. The molecule has 73 heavy (non-hydrogen) atoms. The van der Waals surface area contributed by atoms with E-state index in [9.17, 15) is 38.7 Å². The van der Waals surface area contributed by atoms with E-state index in [0.717, 1.165) is 11.1 Å². The number of likely N-dealkylation sites (N-methyl/N-ethyl adjacent to an activating group) is 2. The zero-order chi connectivity index (χ0) is 54.4. The Morgan fingerprint density at radius 1 is 0.562 bits per heavy atom. The van der Waals surface area contributed by atoms with Gasteiger partial charge in [0.25, 0.3) is 0 Å². The summed E-state index contributed by atoms with van der Waals surface area (Å²) >= 11 is 0. The molecule has 9 atom stereocenters. The van der Waals surface area contributed by atoms with Crippen LogP contribution in [-0.2, 0) is 33.6 Å². The molecule has 2 aromatic carbocycles. The average molecular weight is 1020 g/mol. The summed E-state index contributed by atoms with van der Waals surface area (Å²) in [5, 5.41) is 29.5. The zero-order valence-corrected chi connectivity index (χ0v) is 46.0. The third kappa shape index (κ3) is 16.8. The molecule has 7 N–H and O–H groups in total. The number of carbonyl (C=O) groups is 7. The first-order valence-electron chi connectivity index (χ1n) is 26.2. The Balaban J connectivity index is 1.39. The van der Waals surface area contributed by atoms with Crippen molar-refractivity contribution >= 4 is 41.4 Å². The van der Waals surface area contributed by atoms with Crippen LogP contribution in [0.1, 0.15) is 138 Å². The maximum Gasteiger partial charge on any atom is 0.246 e. The van der Waals surface area contributed by atoms with Crippen molar-refractivity contribution in [1.82, 2.24) is 51.5 Å². The molecule has 2 aliphatic rings. The van der Waals surface area contributed by atoms with E-state index in [4.69, 9.17) is 0 Å². The molecule has 2 fully saturated rings. The van der Waals surface area contributed by atoms with Gasteiger partial charge in [-0.15, -0.1) is 0 Å². The summed E-state index contributed by atoms with van der Waals surface area (Å²) in [7, 11) is 3.39. The first kappa shape index (κ1) is 60.1. The molecule has 2 aliphatic heterocycles. The number of benzene rings is 2. The summed E-state index contributed by atoms with van der Waals surface area (Å²) in [6, 6.07) is 13.5. The summed E-state index contributed by atoms with van der Waals surface area (Å²) in [6.07, 6.45) is 2.92. The lowest BCUT2D eigenvalue weighted by Crippen LogP contribution is -2.69. The summed E-state index contributed by atoms with van der Waals surface area (Å²) in [5.41, 5.74) is -1.01. The third-order valence-electron chi connectivity index (χ3n) is 14.5. The number of nitrogens with zero attached hydrogens (tertiary/aromatic N) is 4. The van der Waals surface area contributed by atoms with Gasteiger partial charge in [0.1, 0.15) is 23.9 Å². The van der Waals surface area contributed by atoms with Crippen LogP contribution in [0.3, 0.4) is 0 Å². The molecule has 2 heterocycles. The van der Waals surface area contributed by atoms with Crippen molar-refractivity contribution in [3.8, 4) is 0 Å². The fraction of sp³-hybridized carbons (Fsp3) is 0.655. The average Bonchev–Trinajstić information content (AvgIpc) is 3.36. The van der Waals surface area contributed by atoms with Gasteiger partial charge in [-0.05, 0) is 83.5 Å². The molecule has 0 radical (unpaired) electrons. The fourth-order valence-electron chi connectivity index (χ4n) is 9.21. The fourth-order valence-corrected chi connectivity index (χ4v) is 9.21. The minimum Gasteiger partial charge on any atom is -0.375 e. The van der Waals surface area contributed by atoms with Crippen LogP contribution in [0.4, 0.5) is 0 Å². The van der Waals surface area contributed by atoms with E-state index >= 15 is 0 Å². The highest BCUT2D eigenvalue weighted by Crippen LogP contribution is 2.28. The molecule has 4 rings (SSSR count). The Labute approximate surface area is 434 Å². The molecule has 0 spiro atoms. The Morgan fingerprint density at radius 3 is 1.33 bits per heavy atom. The highest BCUT2D eigenvalue weighted by Gasteiger charge is 2.46. The SMILES string of the molecule is CN[C@@H](C)C(=O)N[C@H](C(=O)N1CCN(C(=O)CCCCCCC(=O)N2CCN(C(=O)[C@@H](NC(C)(O)[C@H](C)NC)C(C)(C)C)[C@H](C(=O)N[C@H](C)c3ccccc3)C2)C[C@H]1C(=O)N[C@H](C)c1ccccc1)C(C)(C)C. The van der Waals surface area contributed by atoms with Crippen molar-refractivity contribution in [2.45, 2.75) is 169 Å². The quantitative estimate of drug-likeness (QED) is 0.0667. The van der Waals surface area contributed by atoms with Gasteiger partial charge < -0.3 is 51.3 Å². The van der Waals surface area contributed by atoms with Crippen LogP contribution in [0.5, 0.6) is 0 Å². The van der Waals surface area contributed by atoms with E-state index < -0.39 is 64.6 Å². The number of aliphatic hydroxyl groups is 1. The van der Waals surface area contributed by atoms with Gasteiger partial charge in [-0.25, -0.2) is 0 Å². The van der Waals surface area contributed by atoms with Gasteiger partial charge in [0, 0.05) is 45.1 Å². The number of amides is 7. The lowest BCUT2D eigenvalue weighted by atomic mass is 9.84. The molecule has 7 amide bonds. The zero-order valence-electron chi connectivity index (χ0n) is 46.0. The molecular weight excluding hydrogens is 929 g/mol. The van der Waals surface area contributed by atoms with Crippen LogP contribution in [-0.4, -0.2) is 161 Å². The van der Waals surface area contributed by atoms with Gasteiger partial charge >= 0.3 is 0 Å². The monoisotopic (exact) mass is 1020 g/mol. The molecule has 2 saturated heterocycles. The van der Waals surface area contributed by atoms with Crippen LogP contribution < -0.4 is 31.9 Å². The van der Waals surface area contributed by atoms with Crippen molar-refractivity contribution in [3.05, 3.63) is 71.8 Å². The van der Waals surface area contributed by atoms with Gasteiger partial charge in [0.05, 0.1) is 37.3 Å². The Hall–Kier alpha value is -5.43. The van der Waals surface area contributed by atoms with Crippen LogP contribution in [0.15, 0.2) is 60.7 Å². The van der Waals surface area contributed by atoms with Crippen LogP contribution in [0.2, 0.25) is 0 Å². The first-order valence-corrected chi connectivity index (χ1v) is 26.2. The van der Waals surface area contributed by atoms with Crippen LogP contribution >= 0.6 is 0 Å². The first-order chi connectivity index (χ1) is 34.2. The second-order valence-corrected chi connectivity index (χ2v) is 22.4. The number of hydrogen-bond acceptors (Lipinski definition) is 11. The van der Waals surface area contributed by atoms with Gasteiger partial charge in [0.15, 0.2) is 0 Å². The number of rotatable bonds is 22. The highest BCUT2D eigenvalue weighted by molar-refractivity contribution is 5.95. The maximum atomic E-state index is 14.6. The third-order valence-corrected chi connectivity index (χ3v) is 14.5. The van der Waals surface area contributed by atoms with E-state index in [2.05, 4.69) is 31.9 Å². The summed E-state index contributed by atoms with van der Waals surface area (Å²) in [4.78, 5) is 104. The molecule has 0 bridgehead atoms. The van der Waals surface area contributed by atoms with E-state index in [-0.39, 0.29) is 93.7 Å². The molecule has 2 aromatic rings. The van der Waals surface area contributed by atoms with Crippen molar-refractivity contribution < 1.29 is 38.7 Å². The maximum absolute atomic E-state index is 14.6. The number of piperazine rings is 2. The lowest BCUT2D eigenvalue weighted by molar-refractivity contribution is -0.153. The highest BCUT2D eigenvalue weighted by atomic mass is 16.3. The minimum atomic E-state index is -1.46. The molecule has 18 heteroatoms. The largest absolute Gasteiger partial charge is 0.375 e. The van der Waals surface area contributed by atoms with Gasteiger partial charge in [0.2, 0.25) is 41.4 Å². The topological polar surface area (TPSA) is 225 Å². The van der Waals surface area contributed by atoms with Gasteiger partial charge in [-0.2, -0.15) is 0 Å². The Morgan fingerprint density at radius 2 is 0.959 bits per heavy atom. The summed E-state index contributed by atoms with van der Waals surface area (Å²) in [6.45, 7) is 20.9. The number of unbranched alkanes of at least 4 members (excludes halogenated alkanes) is 3. The van der Waals surface area contributed by atoms with Crippen LogP contribution in [0.25, 0.3) is 0 Å². The van der Waals surface area contributed by atoms with E-state index in [1.54, 1.807) is 42.6 Å². The molecule has 18 nitrogen and oxygen atoms in total. The molecule has 406 valence electrons. The molecule has 1 unspecified atom stereocenters. The number of hydrogen-bond donors (Lipinski definition) is 7. The van der Waals surface area contributed by atoms with Crippen LogP contribution in [0, 0.1) is 10.8 Å². The molecule has 0 saturated carbocycles. The van der Waals surface area contributed by atoms with E-state index in [1.807, 2.05) is 123 Å². The van der Waals surface area contributed by atoms with E-state index in [1.165, 1.54) is 4.90 Å². The lowest BCUT2D eigenvalue weighted by Gasteiger charge is -2.46. The van der Waals surface area contributed by atoms with Crippen molar-refractivity contribution in [3.63, 3.8) is 0 Å². The molecule has 0 aliphatic carbocycles. The minimum absolute atomic E-state index is 0.00305. The van der Waals surface area contributed by atoms with Gasteiger partial charge in [-0.1, -0.05) is 115 Å². The Bertz CT molecular complexity index is 2160. The smallest absolute Gasteiger partial charge is 0.246 e. The van der Waals surface area contributed by atoms with E-state index in [0.29, 0.717) is 25.7 Å². The summed E-state index contributed by atoms with van der Waals surface area (Å²) < 4.78 is 0. The van der Waals surface area contributed by atoms with Crippen molar-refractivity contribution in [2.24, 2.45) is 10.8 Å². The van der Waals surface area contributed by atoms with Gasteiger partial charge in [-0.3, -0.25) is 38.9 Å². The number of carbonyl (C=O) groups excluding carboxylic acids is 7. The number of nitrogens with one attached hydrogen (secondary N) is 6. The normalized spacial score (nSPS) is 19.9. The summed E-state index contributed by atoms with van der Waals surface area (Å²) in [5.74, 6) is -2.11. The standard InChI is InChI=1S/C55H88N10O8/c1-36(40-24-18-16-19-25-40)58-49(69)42-34-62(30-32-64(42)51(71)46(53(5,6)7)60-48(68)38(3)56-12)44(66)28-22-14-15-23-29-45(67)63-31-33-65(43(35-63)50(70)59-37(2)41-26-20-17-21-27-41)52(72)47(54(8,9)10)61-55(11,73)39(4)57-13/h16-21,24-27,36-39,42-43,46-47,56-57,61,73H,14-15,22-23,28-35H2,1-13H3,(H,58,69)(H,59,70)(H,60,68)/t36-,37-,38+,39+,42+,43+,46-,47-,55?/m1/s1.